The van der Waals surface area contributed by atoms with Crippen LogP contribution in [0.1, 0.15) is 11.4 Å². The van der Waals surface area contributed by atoms with Gasteiger partial charge >= 0.3 is 0 Å². The molecule has 0 fully saturated rings. The zero-order valence-electron chi connectivity index (χ0n) is 9.03. The highest BCUT2D eigenvalue weighted by atomic mass is 32.1. The van der Waals surface area contributed by atoms with Crippen LogP contribution in [0.3, 0.4) is 0 Å². The van der Waals surface area contributed by atoms with Crippen molar-refractivity contribution < 1.29 is 0 Å². The quantitative estimate of drug-likeness (QED) is 0.844. The van der Waals surface area contributed by atoms with E-state index < -0.39 is 0 Å². The van der Waals surface area contributed by atoms with Crippen molar-refractivity contribution in [2.75, 3.05) is 12.4 Å². The standard InChI is InChI=1S/C11H13N3S/c1-7-10(9-4-5-15-6-9)13-8(2)14-11(7)12-3/h4-6H,1-3H3,(H,12,13,14). The topological polar surface area (TPSA) is 37.8 Å². The molecule has 2 rings (SSSR count). The second-order valence-corrected chi connectivity index (χ2v) is 4.14. The largest absolute Gasteiger partial charge is 0.373 e. The van der Waals surface area contributed by atoms with Crippen LogP contribution in [-0.4, -0.2) is 17.0 Å². The number of hydrogen-bond donors (Lipinski definition) is 1. The summed E-state index contributed by atoms with van der Waals surface area (Å²) in [6, 6.07) is 2.08. The van der Waals surface area contributed by atoms with E-state index in [4.69, 9.17) is 0 Å². The fraction of sp³-hybridized carbons (Fsp3) is 0.273. The summed E-state index contributed by atoms with van der Waals surface area (Å²) in [7, 11) is 1.88. The summed E-state index contributed by atoms with van der Waals surface area (Å²) in [6.07, 6.45) is 0. The summed E-state index contributed by atoms with van der Waals surface area (Å²) < 4.78 is 0. The smallest absolute Gasteiger partial charge is 0.132 e. The van der Waals surface area contributed by atoms with Gasteiger partial charge in [0.2, 0.25) is 0 Å². The molecule has 1 N–H and O–H groups in total. The number of nitrogens with zero attached hydrogens (tertiary/aromatic N) is 2. The molecule has 0 bridgehead atoms. The summed E-state index contributed by atoms with van der Waals surface area (Å²) in [5.74, 6) is 1.70. The molecule has 3 nitrogen and oxygen atoms in total. The van der Waals surface area contributed by atoms with Crippen molar-refractivity contribution >= 4 is 17.2 Å². The van der Waals surface area contributed by atoms with Gasteiger partial charge in [-0.15, -0.1) is 0 Å². The molecule has 0 aliphatic heterocycles. The highest BCUT2D eigenvalue weighted by molar-refractivity contribution is 7.08. The van der Waals surface area contributed by atoms with Gasteiger partial charge in [0.25, 0.3) is 0 Å². The van der Waals surface area contributed by atoms with Gasteiger partial charge in [0.05, 0.1) is 5.69 Å². The summed E-state index contributed by atoms with van der Waals surface area (Å²) in [5, 5.41) is 7.26. The Balaban J connectivity index is 2.61. The fourth-order valence-corrected chi connectivity index (χ4v) is 2.19. The summed E-state index contributed by atoms with van der Waals surface area (Å²) in [5.41, 5.74) is 3.29. The lowest BCUT2D eigenvalue weighted by Crippen LogP contribution is -2.02. The molecule has 15 heavy (non-hydrogen) atoms. The lowest BCUT2D eigenvalue weighted by atomic mass is 10.1. The van der Waals surface area contributed by atoms with Crippen LogP contribution in [0.15, 0.2) is 16.8 Å². The zero-order valence-corrected chi connectivity index (χ0v) is 9.85. The molecule has 0 saturated heterocycles. The van der Waals surface area contributed by atoms with Crippen LogP contribution < -0.4 is 5.32 Å². The molecule has 0 saturated carbocycles. The number of aryl methyl sites for hydroxylation is 1. The third-order valence-corrected chi connectivity index (χ3v) is 2.97. The summed E-state index contributed by atoms with van der Waals surface area (Å²) in [4.78, 5) is 8.82. The molecule has 0 amide bonds. The van der Waals surface area contributed by atoms with E-state index in [0.29, 0.717) is 0 Å². The molecule has 0 spiro atoms. The molecule has 4 heteroatoms. The number of nitrogens with one attached hydrogen (secondary N) is 1. The van der Waals surface area contributed by atoms with Crippen LogP contribution in [-0.2, 0) is 0 Å². The van der Waals surface area contributed by atoms with E-state index in [0.717, 1.165) is 22.9 Å². The first-order valence-electron chi connectivity index (χ1n) is 4.78. The lowest BCUT2D eigenvalue weighted by molar-refractivity contribution is 1.04. The van der Waals surface area contributed by atoms with E-state index in [-0.39, 0.29) is 0 Å². The SMILES string of the molecule is CNc1nc(C)nc(-c2ccsc2)c1C. The van der Waals surface area contributed by atoms with Crippen LogP contribution in [0.4, 0.5) is 5.82 Å². The number of aromatic nitrogens is 2. The summed E-state index contributed by atoms with van der Waals surface area (Å²) >= 11 is 1.68. The second kappa shape index (κ2) is 3.98. The van der Waals surface area contributed by atoms with E-state index in [1.165, 1.54) is 5.56 Å². The Hall–Kier alpha value is -1.42. The van der Waals surface area contributed by atoms with E-state index in [1.54, 1.807) is 11.3 Å². The maximum absolute atomic E-state index is 4.48. The van der Waals surface area contributed by atoms with Crippen molar-refractivity contribution in [3.05, 3.63) is 28.2 Å². The fourth-order valence-electron chi connectivity index (χ4n) is 1.55. The third kappa shape index (κ3) is 1.85. The van der Waals surface area contributed by atoms with E-state index in [1.807, 2.05) is 20.9 Å². The number of hydrogen-bond acceptors (Lipinski definition) is 4. The van der Waals surface area contributed by atoms with Gasteiger partial charge in [-0.3, -0.25) is 0 Å². The molecule has 0 aromatic carbocycles. The predicted octanol–water partition coefficient (Wildman–Crippen LogP) is 2.86. The Morgan fingerprint density at radius 3 is 2.67 bits per heavy atom. The van der Waals surface area contributed by atoms with Gasteiger partial charge in [-0.05, 0) is 25.3 Å². The molecule has 0 radical (unpaired) electrons. The Morgan fingerprint density at radius 1 is 1.27 bits per heavy atom. The maximum atomic E-state index is 4.48. The van der Waals surface area contributed by atoms with Gasteiger partial charge in [0, 0.05) is 23.6 Å². The van der Waals surface area contributed by atoms with Crippen molar-refractivity contribution in [3.8, 4) is 11.3 Å². The van der Waals surface area contributed by atoms with E-state index >= 15 is 0 Å². The van der Waals surface area contributed by atoms with Crippen LogP contribution in [0.5, 0.6) is 0 Å². The lowest BCUT2D eigenvalue weighted by Gasteiger charge is -2.09. The van der Waals surface area contributed by atoms with Crippen molar-refractivity contribution in [1.82, 2.24) is 9.97 Å². The van der Waals surface area contributed by atoms with Gasteiger partial charge < -0.3 is 5.32 Å². The van der Waals surface area contributed by atoms with Crippen LogP contribution >= 0.6 is 11.3 Å². The normalized spacial score (nSPS) is 10.3. The monoisotopic (exact) mass is 219 g/mol. The summed E-state index contributed by atoms with van der Waals surface area (Å²) in [6.45, 7) is 3.95. The Morgan fingerprint density at radius 2 is 2.07 bits per heavy atom. The van der Waals surface area contributed by atoms with Crippen molar-refractivity contribution in [2.45, 2.75) is 13.8 Å². The first kappa shape index (κ1) is 10.1. The second-order valence-electron chi connectivity index (χ2n) is 3.36. The molecule has 0 aliphatic carbocycles. The Labute approximate surface area is 93.2 Å². The highest BCUT2D eigenvalue weighted by Crippen LogP contribution is 2.26. The molecule has 78 valence electrons. The first-order valence-corrected chi connectivity index (χ1v) is 5.72. The molecule has 0 unspecified atom stereocenters. The third-order valence-electron chi connectivity index (χ3n) is 2.29. The number of rotatable bonds is 2. The number of thiophene rings is 1. The van der Waals surface area contributed by atoms with Gasteiger partial charge in [0.15, 0.2) is 0 Å². The van der Waals surface area contributed by atoms with Gasteiger partial charge in [-0.2, -0.15) is 11.3 Å². The van der Waals surface area contributed by atoms with Crippen LogP contribution in [0.25, 0.3) is 11.3 Å². The van der Waals surface area contributed by atoms with Crippen LogP contribution in [0, 0.1) is 13.8 Å². The van der Waals surface area contributed by atoms with Crippen molar-refractivity contribution in [3.63, 3.8) is 0 Å². The minimum absolute atomic E-state index is 0.797. The molecule has 2 heterocycles. The molecule has 2 aromatic heterocycles. The zero-order chi connectivity index (χ0) is 10.8. The van der Waals surface area contributed by atoms with Gasteiger partial charge in [0.1, 0.15) is 11.6 Å². The van der Waals surface area contributed by atoms with Crippen molar-refractivity contribution in [2.24, 2.45) is 0 Å². The minimum Gasteiger partial charge on any atom is -0.373 e. The predicted molar refractivity (Wildman–Crippen MR) is 64.4 cm³/mol. The Bertz CT molecular complexity index is 463. The average Bonchev–Trinajstić information content (AvgIpc) is 2.74. The average molecular weight is 219 g/mol. The van der Waals surface area contributed by atoms with Crippen molar-refractivity contribution in [1.29, 1.82) is 0 Å². The molecule has 2 aromatic rings. The molecule has 0 atom stereocenters. The Kier molecular flexibility index (Phi) is 2.68. The number of anilines is 1. The van der Waals surface area contributed by atoms with Gasteiger partial charge in [-0.1, -0.05) is 0 Å². The molecular formula is C11H13N3S. The van der Waals surface area contributed by atoms with E-state index in [9.17, 15) is 0 Å². The van der Waals surface area contributed by atoms with Gasteiger partial charge in [-0.25, -0.2) is 9.97 Å². The molecular weight excluding hydrogens is 206 g/mol. The minimum atomic E-state index is 0.797. The highest BCUT2D eigenvalue weighted by Gasteiger charge is 2.09. The molecule has 0 aliphatic rings. The van der Waals surface area contributed by atoms with Crippen LogP contribution in [0.2, 0.25) is 0 Å². The first-order chi connectivity index (χ1) is 7.22. The van der Waals surface area contributed by atoms with E-state index in [2.05, 4.69) is 32.1 Å². The maximum Gasteiger partial charge on any atom is 0.132 e.